The topological polar surface area (TPSA) is 41.4 Å². The molecule has 0 aromatic carbocycles. The maximum atomic E-state index is 12.1. The van der Waals surface area contributed by atoms with Crippen molar-refractivity contribution in [1.29, 1.82) is 0 Å². The molecule has 3 aliphatic rings. The molecule has 2 bridgehead atoms. The number of amides is 1. The molecule has 0 unspecified atom stereocenters. The molecule has 5 heteroatoms. The van der Waals surface area contributed by atoms with Crippen LogP contribution in [0.4, 0.5) is 0 Å². The standard InChI is InChI=1S/C16H24N4O/c1-18-6-5-17-15(18)11-19-8-12-7-13(10-19)14-3-2-4-16(21)20(14)9-12/h5-6,12-14H,2-4,7-11H2,1H3/t12-,13+,14-/m0/s1. The molecule has 1 aromatic rings. The minimum atomic E-state index is 0.401. The van der Waals surface area contributed by atoms with Gasteiger partial charge in [-0.05, 0) is 31.1 Å². The third-order valence-corrected chi connectivity index (χ3v) is 5.54. The van der Waals surface area contributed by atoms with Crippen LogP contribution >= 0.6 is 0 Å². The van der Waals surface area contributed by atoms with Gasteiger partial charge in [-0.15, -0.1) is 0 Å². The van der Waals surface area contributed by atoms with E-state index >= 15 is 0 Å². The molecule has 3 aliphatic heterocycles. The molecule has 1 amide bonds. The molecule has 4 rings (SSSR count). The fourth-order valence-corrected chi connectivity index (χ4v) is 4.59. The number of imidazole rings is 1. The van der Waals surface area contributed by atoms with Gasteiger partial charge in [-0.1, -0.05) is 0 Å². The maximum absolute atomic E-state index is 12.1. The molecule has 0 radical (unpaired) electrons. The van der Waals surface area contributed by atoms with E-state index in [-0.39, 0.29) is 0 Å². The number of hydrogen-bond donors (Lipinski definition) is 0. The Bertz CT molecular complexity index is 540. The molecule has 0 aliphatic carbocycles. The lowest BCUT2D eigenvalue weighted by atomic mass is 9.76. The maximum Gasteiger partial charge on any atom is 0.222 e. The predicted octanol–water partition coefficient (Wildman–Crippen LogP) is 1.25. The summed E-state index contributed by atoms with van der Waals surface area (Å²) < 4.78 is 2.11. The highest BCUT2D eigenvalue weighted by molar-refractivity contribution is 5.77. The summed E-state index contributed by atoms with van der Waals surface area (Å²) in [6.45, 7) is 4.16. The van der Waals surface area contributed by atoms with Crippen molar-refractivity contribution in [2.45, 2.75) is 38.3 Å². The Morgan fingerprint density at radius 3 is 3.05 bits per heavy atom. The Balaban J connectivity index is 1.48. The summed E-state index contributed by atoms with van der Waals surface area (Å²) in [5.41, 5.74) is 0. The Morgan fingerprint density at radius 2 is 2.24 bits per heavy atom. The molecule has 3 atom stereocenters. The lowest BCUT2D eigenvalue weighted by molar-refractivity contribution is -0.145. The van der Waals surface area contributed by atoms with Crippen LogP contribution in [-0.4, -0.2) is 50.9 Å². The second kappa shape index (κ2) is 5.13. The number of fused-ring (bicyclic) bond motifs is 4. The molecule has 0 spiro atoms. The van der Waals surface area contributed by atoms with E-state index in [2.05, 4.69) is 26.4 Å². The van der Waals surface area contributed by atoms with Gasteiger partial charge in [0.25, 0.3) is 0 Å². The van der Waals surface area contributed by atoms with Gasteiger partial charge in [0.05, 0.1) is 6.54 Å². The number of carbonyl (C=O) groups excluding carboxylic acids is 1. The van der Waals surface area contributed by atoms with Crippen molar-refractivity contribution in [3.63, 3.8) is 0 Å². The molecule has 0 saturated carbocycles. The summed E-state index contributed by atoms with van der Waals surface area (Å²) >= 11 is 0. The summed E-state index contributed by atoms with van der Waals surface area (Å²) in [5, 5.41) is 0. The Kier molecular flexibility index (Phi) is 3.25. The van der Waals surface area contributed by atoms with E-state index in [9.17, 15) is 4.79 Å². The number of likely N-dealkylation sites (tertiary alicyclic amines) is 1. The van der Waals surface area contributed by atoms with Crippen LogP contribution in [0, 0.1) is 11.8 Å². The first-order valence-corrected chi connectivity index (χ1v) is 8.18. The molecule has 3 fully saturated rings. The summed E-state index contributed by atoms with van der Waals surface area (Å²) in [4.78, 5) is 21.4. The lowest BCUT2D eigenvalue weighted by Gasteiger charge is -2.52. The van der Waals surface area contributed by atoms with Gasteiger partial charge in [0.15, 0.2) is 0 Å². The van der Waals surface area contributed by atoms with Gasteiger partial charge in [-0.2, -0.15) is 0 Å². The van der Waals surface area contributed by atoms with Crippen molar-refractivity contribution in [2.24, 2.45) is 18.9 Å². The van der Waals surface area contributed by atoms with E-state index in [1.54, 1.807) is 0 Å². The zero-order valence-corrected chi connectivity index (χ0v) is 12.7. The number of piperidine rings is 3. The second-order valence-electron chi connectivity index (χ2n) is 7.02. The van der Waals surface area contributed by atoms with Crippen molar-refractivity contribution in [2.75, 3.05) is 19.6 Å². The highest BCUT2D eigenvalue weighted by atomic mass is 16.2. The molecule has 0 N–H and O–H groups in total. The Morgan fingerprint density at radius 1 is 1.33 bits per heavy atom. The highest BCUT2D eigenvalue weighted by Gasteiger charge is 2.43. The van der Waals surface area contributed by atoms with Gasteiger partial charge in [-0.25, -0.2) is 4.98 Å². The summed E-state index contributed by atoms with van der Waals surface area (Å²) in [6.07, 6.45) is 8.27. The van der Waals surface area contributed by atoms with Crippen LogP contribution in [0.1, 0.15) is 31.5 Å². The smallest absolute Gasteiger partial charge is 0.222 e. The SMILES string of the molecule is Cn1ccnc1CN1C[C@@H]2C[C@H](C1)[C@@H]1CCCC(=O)N1C2. The van der Waals surface area contributed by atoms with Crippen LogP contribution in [0.5, 0.6) is 0 Å². The van der Waals surface area contributed by atoms with Gasteiger partial charge in [0.1, 0.15) is 5.82 Å². The molecule has 5 nitrogen and oxygen atoms in total. The first-order valence-electron chi connectivity index (χ1n) is 8.18. The zero-order valence-electron chi connectivity index (χ0n) is 12.7. The van der Waals surface area contributed by atoms with E-state index in [4.69, 9.17) is 0 Å². The molecular weight excluding hydrogens is 264 g/mol. The third kappa shape index (κ3) is 2.37. The van der Waals surface area contributed by atoms with Crippen LogP contribution in [0.3, 0.4) is 0 Å². The van der Waals surface area contributed by atoms with Crippen molar-refractivity contribution < 1.29 is 4.79 Å². The van der Waals surface area contributed by atoms with Gasteiger partial charge < -0.3 is 9.47 Å². The predicted molar refractivity (Wildman–Crippen MR) is 79.4 cm³/mol. The van der Waals surface area contributed by atoms with Crippen molar-refractivity contribution >= 4 is 5.91 Å². The minimum Gasteiger partial charge on any atom is -0.339 e. The summed E-state index contributed by atoms with van der Waals surface area (Å²) in [5.74, 6) is 2.87. The normalized spacial score (nSPS) is 33.1. The minimum absolute atomic E-state index is 0.401. The highest BCUT2D eigenvalue weighted by Crippen LogP contribution is 2.38. The number of aryl methyl sites for hydroxylation is 1. The fourth-order valence-electron chi connectivity index (χ4n) is 4.59. The fraction of sp³-hybridized carbons (Fsp3) is 0.750. The molecule has 3 saturated heterocycles. The van der Waals surface area contributed by atoms with E-state index in [0.717, 1.165) is 44.8 Å². The molecular formula is C16H24N4O. The largest absolute Gasteiger partial charge is 0.339 e. The zero-order chi connectivity index (χ0) is 14.4. The molecule has 114 valence electrons. The second-order valence-corrected chi connectivity index (χ2v) is 7.02. The number of nitrogens with zero attached hydrogens (tertiary/aromatic N) is 4. The van der Waals surface area contributed by atoms with Gasteiger partial charge in [0.2, 0.25) is 5.91 Å². The van der Waals surface area contributed by atoms with E-state index in [1.165, 1.54) is 12.8 Å². The number of aromatic nitrogens is 2. The third-order valence-electron chi connectivity index (χ3n) is 5.54. The first-order chi connectivity index (χ1) is 10.2. The van der Waals surface area contributed by atoms with E-state index in [0.29, 0.717) is 23.8 Å². The first kappa shape index (κ1) is 13.3. The van der Waals surface area contributed by atoms with Crippen molar-refractivity contribution in [3.8, 4) is 0 Å². The Labute approximate surface area is 125 Å². The molecule has 21 heavy (non-hydrogen) atoms. The van der Waals surface area contributed by atoms with Crippen LogP contribution in [-0.2, 0) is 18.4 Å². The molecule has 1 aromatic heterocycles. The van der Waals surface area contributed by atoms with E-state index < -0.39 is 0 Å². The molecule has 4 heterocycles. The Hall–Kier alpha value is -1.36. The van der Waals surface area contributed by atoms with Crippen LogP contribution in [0.15, 0.2) is 12.4 Å². The van der Waals surface area contributed by atoms with Gasteiger partial charge >= 0.3 is 0 Å². The summed E-state index contributed by atoms with van der Waals surface area (Å²) in [6, 6.07) is 0.506. The van der Waals surface area contributed by atoms with Crippen LogP contribution in [0.2, 0.25) is 0 Å². The van der Waals surface area contributed by atoms with Crippen molar-refractivity contribution in [3.05, 3.63) is 18.2 Å². The van der Waals surface area contributed by atoms with Gasteiger partial charge in [0, 0.05) is 51.5 Å². The summed E-state index contributed by atoms with van der Waals surface area (Å²) in [7, 11) is 2.06. The number of hydrogen-bond acceptors (Lipinski definition) is 3. The van der Waals surface area contributed by atoms with Gasteiger partial charge in [-0.3, -0.25) is 9.69 Å². The lowest BCUT2D eigenvalue weighted by Crippen LogP contribution is -2.60. The van der Waals surface area contributed by atoms with Crippen LogP contribution in [0.25, 0.3) is 0 Å². The van der Waals surface area contributed by atoms with Crippen molar-refractivity contribution in [1.82, 2.24) is 19.4 Å². The number of rotatable bonds is 2. The monoisotopic (exact) mass is 288 g/mol. The quantitative estimate of drug-likeness (QED) is 0.822. The average molecular weight is 288 g/mol. The average Bonchev–Trinajstić information content (AvgIpc) is 2.86. The van der Waals surface area contributed by atoms with E-state index in [1.807, 2.05) is 12.4 Å². The number of carbonyl (C=O) groups is 1. The van der Waals surface area contributed by atoms with Crippen LogP contribution < -0.4 is 0 Å².